The van der Waals surface area contributed by atoms with E-state index in [9.17, 15) is 4.39 Å². The molecule has 0 bridgehead atoms. The van der Waals surface area contributed by atoms with E-state index < -0.39 is 0 Å². The lowest BCUT2D eigenvalue weighted by Gasteiger charge is -2.19. The summed E-state index contributed by atoms with van der Waals surface area (Å²) in [4.78, 5) is 1.78. The molecule has 2 aromatic rings. The van der Waals surface area contributed by atoms with Crippen LogP contribution in [0.25, 0.3) is 0 Å². The zero-order valence-corrected chi connectivity index (χ0v) is 12.6. The predicted molar refractivity (Wildman–Crippen MR) is 80.4 cm³/mol. The quantitative estimate of drug-likeness (QED) is 0.762. The summed E-state index contributed by atoms with van der Waals surface area (Å²) in [5.41, 5.74) is 1.73. The zero-order chi connectivity index (χ0) is 14.8. The van der Waals surface area contributed by atoms with Crippen molar-refractivity contribution in [3.05, 3.63) is 59.4 Å². The van der Waals surface area contributed by atoms with Crippen LogP contribution >= 0.6 is 11.8 Å². The molecule has 0 fully saturated rings. The molecule has 0 aliphatic heterocycles. The van der Waals surface area contributed by atoms with Gasteiger partial charge in [-0.15, -0.1) is 0 Å². The molecule has 20 heavy (non-hydrogen) atoms. The molecule has 102 valence electrons. The van der Waals surface area contributed by atoms with E-state index in [0.29, 0.717) is 5.56 Å². The maximum Gasteiger partial charge on any atom is 0.125 e. The highest BCUT2D eigenvalue weighted by Crippen LogP contribution is 2.31. The van der Waals surface area contributed by atoms with E-state index >= 15 is 0 Å². The average Bonchev–Trinajstić information content (AvgIpc) is 2.37. The first kappa shape index (κ1) is 14.6. The van der Waals surface area contributed by atoms with Crippen molar-refractivity contribution in [2.45, 2.75) is 36.0 Å². The van der Waals surface area contributed by atoms with Gasteiger partial charge in [0, 0.05) is 9.79 Å². The Hall–Kier alpha value is -1.79. The third-order valence-electron chi connectivity index (χ3n) is 2.96. The number of hydrogen-bond donors (Lipinski definition) is 0. The lowest BCUT2D eigenvalue weighted by Crippen LogP contribution is -2.10. The van der Waals surface area contributed by atoms with Crippen LogP contribution < -0.4 is 0 Å². The summed E-state index contributed by atoms with van der Waals surface area (Å²) in [6, 6.07) is 14.6. The second kappa shape index (κ2) is 5.68. The Morgan fingerprint density at radius 1 is 1.00 bits per heavy atom. The Morgan fingerprint density at radius 2 is 1.65 bits per heavy atom. The van der Waals surface area contributed by atoms with Gasteiger partial charge in [-0.25, -0.2) is 4.39 Å². The molecule has 0 N–H and O–H groups in total. The Morgan fingerprint density at radius 3 is 2.20 bits per heavy atom. The summed E-state index contributed by atoms with van der Waals surface area (Å²) >= 11 is 1.46. The minimum absolute atomic E-state index is 0.121. The SMILES string of the molecule is CC(C)(C)c1ccc(Sc2cc(F)cc(C#N)c2)cc1. The average molecular weight is 285 g/mol. The van der Waals surface area contributed by atoms with E-state index in [1.807, 2.05) is 18.2 Å². The molecule has 2 rings (SSSR count). The fourth-order valence-corrected chi connectivity index (χ4v) is 2.75. The minimum atomic E-state index is -0.377. The van der Waals surface area contributed by atoms with Crippen LogP contribution in [0.5, 0.6) is 0 Å². The second-order valence-corrected chi connectivity index (χ2v) is 6.81. The van der Waals surface area contributed by atoms with E-state index in [1.165, 1.54) is 29.5 Å². The maximum absolute atomic E-state index is 13.4. The molecule has 1 nitrogen and oxygen atoms in total. The van der Waals surface area contributed by atoms with Gasteiger partial charge in [0.1, 0.15) is 5.82 Å². The molecule has 0 heterocycles. The van der Waals surface area contributed by atoms with Crippen molar-refractivity contribution >= 4 is 11.8 Å². The Bertz CT molecular complexity index is 648. The topological polar surface area (TPSA) is 23.8 Å². The van der Waals surface area contributed by atoms with Crippen molar-refractivity contribution in [1.82, 2.24) is 0 Å². The van der Waals surface area contributed by atoms with Gasteiger partial charge < -0.3 is 0 Å². The molecular weight excluding hydrogens is 269 g/mol. The smallest absolute Gasteiger partial charge is 0.125 e. The van der Waals surface area contributed by atoms with Crippen molar-refractivity contribution in [3.8, 4) is 6.07 Å². The van der Waals surface area contributed by atoms with Gasteiger partial charge in [-0.1, -0.05) is 44.7 Å². The lowest BCUT2D eigenvalue weighted by molar-refractivity contribution is 0.590. The molecule has 2 aromatic carbocycles. The fraction of sp³-hybridized carbons (Fsp3) is 0.235. The van der Waals surface area contributed by atoms with Crippen LogP contribution in [-0.2, 0) is 5.41 Å². The molecule has 3 heteroatoms. The molecule has 0 amide bonds. The lowest BCUT2D eigenvalue weighted by atomic mass is 9.87. The van der Waals surface area contributed by atoms with Crippen molar-refractivity contribution in [1.29, 1.82) is 5.26 Å². The monoisotopic (exact) mass is 285 g/mol. The van der Waals surface area contributed by atoms with Crippen LogP contribution in [0.3, 0.4) is 0 Å². The number of halogens is 1. The van der Waals surface area contributed by atoms with Gasteiger partial charge >= 0.3 is 0 Å². The number of nitriles is 1. The Labute approximate surface area is 123 Å². The van der Waals surface area contributed by atoms with Crippen molar-refractivity contribution in [2.75, 3.05) is 0 Å². The highest BCUT2D eigenvalue weighted by atomic mass is 32.2. The third-order valence-corrected chi connectivity index (χ3v) is 3.94. The van der Waals surface area contributed by atoms with Crippen LogP contribution in [-0.4, -0.2) is 0 Å². The normalized spacial score (nSPS) is 11.2. The highest BCUT2D eigenvalue weighted by Gasteiger charge is 2.13. The molecule has 0 saturated heterocycles. The standard InChI is InChI=1S/C17H16FNS/c1-17(2,3)13-4-6-15(7-5-13)20-16-9-12(11-19)8-14(18)10-16/h4-10H,1-3H3. The molecule has 0 aliphatic rings. The van der Waals surface area contributed by atoms with Crippen LogP contribution in [0.4, 0.5) is 4.39 Å². The number of hydrogen-bond acceptors (Lipinski definition) is 2. The van der Waals surface area contributed by atoms with Crippen molar-refractivity contribution in [2.24, 2.45) is 0 Å². The molecule has 0 radical (unpaired) electrons. The van der Waals surface area contributed by atoms with E-state index in [1.54, 1.807) is 6.07 Å². The first-order valence-corrected chi connectivity index (χ1v) is 7.19. The number of rotatable bonds is 2. The molecule has 0 atom stereocenters. The Balaban J connectivity index is 2.23. The summed E-state index contributed by atoms with van der Waals surface area (Å²) in [6.45, 7) is 6.50. The van der Waals surface area contributed by atoms with Crippen LogP contribution in [0.2, 0.25) is 0 Å². The van der Waals surface area contributed by atoms with Gasteiger partial charge in [-0.3, -0.25) is 0 Å². The van der Waals surface area contributed by atoms with Crippen molar-refractivity contribution in [3.63, 3.8) is 0 Å². The fourth-order valence-electron chi connectivity index (χ4n) is 1.85. The van der Waals surface area contributed by atoms with E-state index in [2.05, 4.69) is 32.9 Å². The van der Waals surface area contributed by atoms with Gasteiger partial charge in [-0.05, 0) is 41.3 Å². The van der Waals surface area contributed by atoms with Crippen LogP contribution in [0.1, 0.15) is 31.9 Å². The van der Waals surface area contributed by atoms with E-state index in [-0.39, 0.29) is 11.2 Å². The number of benzene rings is 2. The zero-order valence-electron chi connectivity index (χ0n) is 11.8. The van der Waals surface area contributed by atoms with E-state index in [4.69, 9.17) is 5.26 Å². The van der Waals surface area contributed by atoms with Gasteiger partial charge in [0.15, 0.2) is 0 Å². The van der Waals surface area contributed by atoms with Crippen LogP contribution in [0.15, 0.2) is 52.3 Å². The molecule has 0 saturated carbocycles. The molecule has 0 aromatic heterocycles. The summed E-state index contributed by atoms with van der Waals surface area (Å²) < 4.78 is 13.4. The first-order chi connectivity index (χ1) is 9.38. The van der Waals surface area contributed by atoms with Gasteiger partial charge in [0.2, 0.25) is 0 Å². The van der Waals surface area contributed by atoms with E-state index in [0.717, 1.165) is 9.79 Å². The third kappa shape index (κ3) is 3.61. The summed E-state index contributed by atoms with van der Waals surface area (Å²) in [6.07, 6.45) is 0. The van der Waals surface area contributed by atoms with Gasteiger partial charge in [-0.2, -0.15) is 5.26 Å². The predicted octanol–water partition coefficient (Wildman–Crippen LogP) is 5.15. The molecule has 0 aliphatic carbocycles. The van der Waals surface area contributed by atoms with Crippen molar-refractivity contribution < 1.29 is 4.39 Å². The maximum atomic E-state index is 13.4. The van der Waals surface area contributed by atoms with Gasteiger partial charge in [0.25, 0.3) is 0 Å². The molecule has 0 unspecified atom stereocenters. The van der Waals surface area contributed by atoms with Crippen LogP contribution in [0, 0.1) is 17.1 Å². The van der Waals surface area contributed by atoms with Gasteiger partial charge in [0.05, 0.1) is 11.6 Å². The number of nitrogens with zero attached hydrogens (tertiary/aromatic N) is 1. The first-order valence-electron chi connectivity index (χ1n) is 6.37. The molecular formula is C17H16FNS. The summed E-state index contributed by atoms with van der Waals surface area (Å²) in [7, 11) is 0. The summed E-state index contributed by atoms with van der Waals surface area (Å²) in [5.74, 6) is -0.377. The Kier molecular flexibility index (Phi) is 4.15. The summed E-state index contributed by atoms with van der Waals surface area (Å²) in [5, 5.41) is 8.85. The highest BCUT2D eigenvalue weighted by molar-refractivity contribution is 7.99. The largest absolute Gasteiger partial charge is 0.207 e. The minimum Gasteiger partial charge on any atom is -0.207 e. The molecule has 0 spiro atoms. The second-order valence-electron chi connectivity index (χ2n) is 5.66.